The molecule has 1 fully saturated rings. The fourth-order valence-electron chi connectivity index (χ4n) is 4.81. The van der Waals surface area contributed by atoms with Gasteiger partial charge in [0.25, 0.3) is 5.91 Å². The van der Waals surface area contributed by atoms with Crippen molar-refractivity contribution in [3.63, 3.8) is 0 Å². The number of nitrogens with one attached hydrogen (secondary N) is 2. The van der Waals surface area contributed by atoms with Crippen LogP contribution in [0.15, 0.2) is 18.3 Å². The molecule has 2 unspecified atom stereocenters. The van der Waals surface area contributed by atoms with Crippen LogP contribution in [0.3, 0.4) is 0 Å². The minimum atomic E-state index is -0.722. The summed E-state index contributed by atoms with van der Waals surface area (Å²) < 4.78 is 15.5. The number of carbonyl (C=O) groups excluding carboxylic acids is 2. The Morgan fingerprint density at radius 3 is 2.81 bits per heavy atom. The van der Waals surface area contributed by atoms with E-state index in [2.05, 4.69) is 15.6 Å². The lowest BCUT2D eigenvalue weighted by atomic mass is 9.80. The molecule has 1 aromatic carbocycles. The fourth-order valence-corrected chi connectivity index (χ4v) is 5.25. The molecule has 4 rings (SSSR count). The van der Waals surface area contributed by atoms with E-state index in [0.717, 1.165) is 24.8 Å². The zero-order valence-corrected chi connectivity index (χ0v) is 18.7. The summed E-state index contributed by atoms with van der Waals surface area (Å²) in [6, 6.07) is 3.15. The molecule has 10 heteroatoms. The van der Waals surface area contributed by atoms with Gasteiger partial charge >= 0.3 is 0 Å². The van der Waals surface area contributed by atoms with E-state index in [9.17, 15) is 9.59 Å². The molecule has 0 bridgehead atoms. The molecule has 1 saturated carbocycles. The minimum Gasteiger partial charge on any atom is -0.398 e. The number of hydrogen-bond acceptors (Lipinski definition) is 6. The predicted molar refractivity (Wildman–Crippen MR) is 122 cm³/mol. The second kappa shape index (κ2) is 8.22. The number of amides is 2. The Balaban J connectivity index is 1.75. The van der Waals surface area contributed by atoms with Gasteiger partial charge in [0.05, 0.1) is 17.1 Å². The standard InChI is InChI=1S/C22H26ClFN6O2/c1-30(2)21(32)16-14(25)4-3-12(19(16)24)13-8-28-20-17(18(13)23)22(10-29-20)6-5-11(7-22)27-9-15(26)31/h3-4,8,11,27H,5-7,9-10,25H2,1-2H3,(H2,26,31)(H,28,29). The largest absolute Gasteiger partial charge is 0.398 e. The Hall–Kier alpha value is -2.91. The van der Waals surface area contributed by atoms with E-state index in [-0.39, 0.29) is 34.8 Å². The molecule has 1 aromatic heterocycles. The van der Waals surface area contributed by atoms with E-state index in [1.54, 1.807) is 0 Å². The fraction of sp³-hybridized carbons (Fsp3) is 0.409. The first-order valence-corrected chi connectivity index (χ1v) is 10.8. The Morgan fingerprint density at radius 1 is 1.38 bits per heavy atom. The van der Waals surface area contributed by atoms with E-state index in [0.29, 0.717) is 22.9 Å². The van der Waals surface area contributed by atoms with Crippen LogP contribution in [0.1, 0.15) is 35.2 Å². The normalized spacial score (nSPS) is 21.4. The molecule has 2 heterocycles. The molecule has 0 radical (unpaired) electrons. The molecule has 1 spiro atoms. The molecule has 2 atom stereocenters. The van der Waals surface area contributed by atoms with Crippen LogP contribution in [-0.2, 0) is 10.2 Å². The van der Waals surface area contributed by atoms with Crippen molar-refractivity contribution in [2.45, 2.75) is 30.7 Å². The molecule has 6 N–H and O–H groups in total. The summed E-state index contributed by atoms with van der Waals surface area (Å²) in [4.78, 5) is 29.4. The van der Waals surface area contributed by atoms with Crippen molar-refractivity contribution in [2.75, 3.05) is 38.2 Å². The van der Waals surface area contributed by atoms with E-state index in [4.69, 9.17) is 23.1 Å². The zero-order chi connectivity index (χ0) is 23.2. The number of hydrogen-bond donors (Lipinski definition) is 4. The Kier molecular flexibility index (Phi) is 5.72. The van der Waals surface area contributed by atoms with Gasteiger partial charge in [-0.05, 0) is 31.4 Å². The van der Waals surface area contributed by atoms with Crippen molar-refractivity contribution in [1.82, 2.24) is 15.2 Å². The van der Waals surface area contributed by atoms with Gasteiger partial charge in [-0.15, -0.1) is 0 Å². The van der Waals surface area contributed by atoms with Crippen molar-refractivity contribution >= 4 is 34.9 Å². The maximum atomic E-state index is 15.5. The van der Waals surface area contributed by atoms with Crippen molar-refractivity contribution in [2.24, 2.45) is 5.73 Å². The molecule has 0 saturated heterocycles. The summed E-state index contributed by atoms with van der Waals surface area (Å²) in [6.07, 6.45) is 3.96. The molecular formula is C22H26ClFN6O2. The van der Waals surface area contributed by atoms with Gasteiger partial charge in [0.1, 0.15) is 11.6 Å². The highest BCUT2D eigenvalue weighted by Gasteiger charge is 2.47. The van der Waals surface area contributed by atoms with E-state index < -0.39 is 17.6 Å². The average Bonchev–Trinajstić information content (AvgIpc) is 3.32. The summed E-state index contributed by atoms with van der Waals surface area (Å²) >= 11 is 6.87. The highest BCUT2D eigenvalue weighted by molar-refractivity contribution is 6.34. The first-order chi connectivity index (χ1) is 15.1. The van der Waals surface area contributed by atoms with Crippen LogP contribution >= 0.6 is 11.6 Å². The van der Waals surface area contributed by atoms with Crippen molar-refractivity contribution in [3.8, 4) is 11.1 Å². The number of pyridine rings is 1. The van der Waals surface area contributed by atoms with E-state index in [1.807, 2.05) is 0 Å². The number of halogens is 2. The third-order valence-electron chi connectivity index (χ3n) is 6.40. The van der Waals surface area contributed by atoms with Crippen LogP contribution in [0.4, 0.5) is 15.9 Å². The molecule has 2 aromatic rings. The molecule has 1 aliphatic carbocycles. The summed E-state index contributed by atoms with van der Waals surface area (Å²) in [6.45, 7) is 0.772. The molecule has 170 valence electrons. The van der Waals surface area contributed by atoms with Crippen LogP contribution < -0.4 is 22.1 Å². The van der Waals surface area contributed by atoms with Crippen molar-refractivity contribution < 1.29 is 14.0 Å². The topological polar surface area (TPSA) is 126 Å². The lowest BCUT2D eigenvalue weighted by molar-refractivity contribution is -0.117. The monoisotopic (exact) mass is 460 g/mol. The van der Waals surface area contributed by atoms with Crippen molar-refractivity contribution in [1.29, 1.82) is 0 Å². The Labute approximate surface area is 190 Å². The number of rotatable bonds is 5. The molecule has 8 nitrogen and oxygen atoms in total. The van der Waals surface area contributed by atoms with Gasteiger partial charge < -0.3 is 27.0 Å². The van der Waals surface area contributed by atoms with E-state index in [1.165, 1.54) is 37.3 Å². The van der Waals surface area contributed by atoms with Gasteiger partial charge in [0.2, 0.25) is 5.91 Å². The van der Waals surface area contributed by atoms with Crippen LogP contribution in [0.5, 0.6) is 0 Å². The number of benzene rings is 1. The van der Waals surface area contributed by atoms with Gasteiger partial charge in [-0.1, -0.05) is 11.6 Å². The minimum absolute atomic E-state index is 0.0625. The molecule has 2 aliphatic rings. The zero-order valence-electron chi connectivity index (χ0n) is 18.0. The third kappa shape index (κ3) is 3.65. The quantitative estimate of drug-likeness (QED) is 0.506. The van der Waals surface area contributed by atoms with Gasteiger partial charge in [0, 0.05) is 60.7 Å². The SMILES string of the molecule is CN(C)C(=O)c1c(N)ccc(-c2cnc3c(c2Cl)C2(CCC(NCC(N)=O)C2)CN3)c1F. The number of nitrogen functional groups attached to an aromatic ring is 1. The second-order valence-corrected chi connectivity index (χ2v) is 9.10. The molecule has 32 heavy (non-hydrogen) atoms. The van der Waals surface area contributed by atoms with Gasteiger partial charge in [-0.3, -0.25) is 9.59 Å². The molecule has 2 amide bonds. The van der Waals surface area contributed by atoms with Gasteiger partial charge in [0.15, 0.2) is 0 Å². The Bertz CT molecular complexity index is 1110. The smallest absolute Gasteiger partial charge is 0.258 e. The maximum Gasteiger partial charge on any atom is 0.258 e. The van der Waals surface area contributed by atoms with Crippen LogP contribution in [0.25, 0.3) is 11.1 Å². The van der Waals surface area contributed by atoms with Gasteiger partial charge in [-0.2, -0.15) is 0 Å². The number of primary amides is 1. The van der Waals surface area contributed by atoms with Crippen molar-refractivity contribution in [3.05, 3.63) is 40.3 Å². The number of fused-ring (bicyclic) bond motifs is 2. The van der Waals surface area contributed by atoms with Gasteiger partial charge in [-0.25, -0.2) is 9.37 Å². The highest BCUT2D eigenvalue weighted by Crippen LogP contribution is 2.52. The number of aromatic nitrogens is 1. The first kappa shape index (κ1) is 22.3. The van der Waals surface area contributed by atoms with Crippen LogP contribution in [-0.4, -0.2) is 54.9 Å². The van der Waals surface area contributed by atoms with Crippen LogP contribution in [0, 0.1) is 5.82 Å². The number of nitrogens with zero attached hydrogens (tertiary/aromatic N) is 2. The number of carbonyl (C=O) groups is 2. The lowest BCUT2D eigenvalue weighted by Gasteiger charge is -2.25. The third-order valence-corrected chi connectivity index (χ3v) is 6.79. The predicted octanol–water partition coefficient (Wildman–Crippen LogP) is 2.12. The average molecular weight is 461 g/mol. The number of anilines is 2. The van der Waals surface area contributed by atoms with E-state index >= 15 is 4.39 Å². The summed E-state index contributed by atoms with van der Waals surface area (Å²) in [7, 11) is 3.08. The maximum absolute atomic E-state index is 15.5. The second-order valence-electron chi connectivity index (χ2n) is 8.72. The highest BCUT2D eigenvalue weighted by atomic mass is 35.5. The molecular weight excluding hydrogens is 435 g/mol. The molecule has 1 aliphatic heterocycles. The summed E-state index contributed by atoms with van der Waals surface area (Å²) in [5, 5.41) is 6.91. The number of nitrogens with two attached hydrogens (primary N) is 2. The summed E-state index contributed by atoms with van der Waals surface area (Å²) in [5.41, 5.74) is 12.2. The Morgan fingerprint density at radius 2 is 2.12 bits per heavy atom. The van der Waals surface area contributed by atoms with Crippen LogP contribution in [0.2, 0.25) is 5.02 Å². The summed E-state index contributed by atoms with van der Waals surface area (Å²) in [5.74, 6) is -0.973. The first-order valence-electron chi connectivity index (χ1n) is 10.4. The lowest BCUT2D eigenvalue weighted by Crippen LogP contribution is -2.37.